The first-order valence-electron chi connectivity index (χ1n) is 6.36. The van der Waals surface area contributed by atoms with Gasteiger partial charge in [-0.15, -0.1) is 0 Å². The molecule has 0 spiro atoms. The van der Waals surface area contributed by atoms with Crippen LogP contribution in [0.1, 0.15) is 27.2 Å². The van der Waals surface area contributed by atoms with Crippen LogP contribution in [0.15, 0.2) is 0 Å². The highest BCUT2D eigenvalue weighted by Crippen LogP contribution is 2.02. The zero-order valence-corrected chi connectivity index (χ0v) is 12.2. The van der Waals surface area contributed by atoms with Gasteiger partial charge in [0.1, 0.15) is 12.6 Å². The number of nitrogens with one attached hydrogen (secondary N) is 1. The summed E-state index contributed by atoms with van der Waals surface area (Å²) in [4.78, 5) is 45.9. The van der Waals surface area contributed by atoms with Gasteiger partial charge >= 0.3 is 23.9 Å². The second-order valence-electron chi connectivity index (χ2n) is 4.46. The molecule has 2 amide bonds. The lowest BCUT2D eigenvalue weighted by Gasteiger charge is -2.27. The molecule has 0 aromatic heterocycles. The number of carboxylic acid groups (broad SMARTS) is 2. The Morgan fingerprint density at radius 2 is 1.76 bits per heavy atom. The maximum absolute atomic E-state index is 12.0. The van der Waals surface area contributed by atoms with Crippen molar-refractivity contribution in [1.82, 2.24) is 10.2 Å². The van der Waals surface area contributed by atoms with Crippen LogP contribution in [-0.2, 0) is 19.1 Å². The van der Waals surface area contributed by atoms with E-state index in [4.69, 9.17) is 14.9 Å². The van der Waals surface area contributed by atoms with E-state index >= 15 is 0 Å². The fraction of sp³-hybridized carbons (Fsp3) is 0.667. The van der Waals surface area contributed by atoms with Crippen LogP contribution in [-0.4, -0.2) is 64.3 Å². The van der Waals surface area contributed by atoms with Crippen LogP contribution in [0.4, 0.5) is 4.79 Å². The maximum Gasteiger partial charge on any atom is 0.326 e. The van der Waals surface area contributed by atoms with Gasteiger partial charge in [0.2, 0.25) is 0 Å². The summed E-state index contributed by atoms with van der Waals surface area (Å²) >= 11 is 0. The molecule has 120 valence electrons. The van der Waals surface area contributed by atoms with Crippen LogP contribution in [0.2, 0.25) is 0 Å². The number of urea groups is 1. The zero-order chi connectivity index (χ0) is 16.6. The van der Waals surface area contributed by atoms with Crippen molar-refractivity contribution >= 4 is 23.9 Å². The molecule has 0 heterocycles. The molecule has 3 N–H and O–H groups in total. The van der Waals surface area contributed by atoms with Gasteiger partial charge in [-0.3, -0.25) is 9.59 Å². The quantitative estimate of drug-likeness (QED) is 0.533. The molecular weight excluding hydrogens is 284 g/mol. The molecule has 0 aromatic rings. The topological polar surface area (TPSA) is 133 Å². The molecule has 0 saturated heterocycles. The van der Waals surface area contributed by atoms with E-state index in [1.54, 1.807) is 20.8 Å². The molecule has 0 radical (unpaired) electrons. The van der Waals surface area contributed by atoms with Gasteiger partial charge in [-0.1, -0.05) is 0 Å². The third-order valence-corrected chi connectivity index (χ3v) is 2.46. The molecule has 0 bridgehead atoms. The van der Waals surface area contributed by atoms with Crippen molar-refractivity contribution in [2.45, 2.75) is 39.3 Å². The van der Waals surface area contributed by atoms with E-state index in [2.05, 4.69) is 5.32 Å². The Hall–Kier alpha value is -2.32. The highest BCUT2D eigenvalue weighted by atomic mass is 16.5. The van der Waals surface area contributed by atoms with Crippen LogP contribution in [0.25, 0.3) is 0 Å². The van der Waals surface area contributed by atoms with Gasteiger partial charge in [-0.05, 0) is 20.8 Å². The number of aliphatic carboxylic acids is 2. The molecule has 0 aliphatic rings. The summed E-state index contributed by atoms with van der Waals surface area (Å²) in [7, 11) is 0. The number of carbonyl (C=O) groups excluding carboxylic acids is 2. The van der Waals surface area contributed by atoms with Crippen molar-refractivity contribution in [3.05, 3.63) is 0 Å². The van der Waals surface area contributed by atoms with Crippen molar-refractivity contribution in [1.29, 1.82) is 0 Å². The number of ether oxygens (including phenoxy) is 1. The second kappa shape index (κ2) is 8.77. The highest BCUT2D eigenvalue weighted by molar-refractivity contribution is 5.87. The van der Waals surface area contributed by atoms with E-state index in [9.17, 15) is 19.2 Å². The number of nitrogens with zero attached hydrogens (tertiary/aromatic N) is 1. The van der Waals surface area contributed by atoms with E-state index in [-0.39, 0.29) is 13.2 Å². The first-order valence-corrected chi connectivity index (χ1v) is 6.36. The van der Waals surface area contributed by atoms with Crippen molar-refractivity contribution in [3.63, 3.8) is 0 Å². The number of rotatable bonds is 8. The molecule has 0 aliphatic heterocycles. The van der Waals surface area contributed by atoms with Gasteiger partial charge in [0.25, 0.3) is 0 Å². The van der Waals surface area contributed by atoms with Crippen LogP contribution in [0.3, 0.4) is 0 Å². The number of hydrogen-bond acceptors (Lipinski definition) is 5. The summed E-state index contributed by atoms with van der Waals surface area (Å²) in [6.45, 7) is 4.68. The fourth-order valence-electron chi connectivity index (χ4n) is 1.44. The summed E-state index contributed by atoms with van der Waals surface area (Å²) in [6.07, 6.45) is -0.758. The molecule has 0 saturated carbocycles. The van der Waals surface area contributed by atoms with Crippen molar-refractivity contribution in [3.8, 4) is 0 Å². The Kier molecular flexibility index (Phi) is 7.80. The Morgan fingerprint density at radius 3 is 2.14 bits per heavy atom. The summed E-state index contributed by atoms with van der Waals surface area (Å²) in [5.74, 6) is -3.46. The van der Waals surface area contributed by atoms with Crippen LogP contribution in [0.5, 0.6) is 0 Å². The number of carboxylic acids is 2. The molecular formula is C12H20N2O7. The smallest absolute Gasteiger partial charge is 0.326 e. The average Bonchev–Trinajstić information content (AvgIpc) is 2.34. The van der Waals surface area contributed by atoms with E-state index in [1.165, 1.54) is 0 Å². The molecule has 0 unspecified atom stereocenters. The van der Waals surface area contributed by atoms with Gasteiger partial charge < -0.3 is 25.2 Å². The third-order valence-electron chi connectivity index (χ3n) is 2.46. The SMILES string of the molecule is CCOC(=O)CN(C(=O)N[C@@H](CC(=O)O)C(=O)O)C(C)C. The molecule has 0 rings (SSSR count). The van der Waals surface area contributed by atoms with Crippen LogP contribution >= 0.6 is 0 Å². The van der Waals surface area contributed by atoms with Crippen molar-refractivity contribution in [2.24, 2.45) is 0 Å². The van der Waals surface area contributed by atoms with Gasteiger partial charge in [-0.2, -0.15) is 0 Å². The third kappa shape index (κ3) is 7.14. The molecule has 21 heavy (non-hydrogen) atoms. The van der Waals surface area contributed by atoms with Crippen LogP contribution in [0, 0.1) is 0 Å². The lowest BCUT2D eigenvalue weighted by molar-refractivity contribution is -0.146. The Labute approximate surface area is 121 Å². The first kappa shape index (κ1) is 18.7. The predicted molar refractivity (Wildman–Crippen MR) is 70.7 cm³/mol. The van der Waals surface area contributed by atoms with Gasteiger partial charge in [0, 0.05) is 6.04 Å². The minimum absolute atomic E-state index is 0.156. The highest BCUT2D eigenvalue weighted by Gasteiger charge is 2.27. The molecule has 0 fully saturated rings. The summed E-state index contributed by atoms with van der Waals surface area (Å²) in [5.41, 5.74) is 0. The molecule has 0 aliphatic carbocycles. The Bertz CT molecular complexity index is 408. The fourth-order valence-corrected chi connectivity index (χ4v) is 1.44. The standard InChI is InChI=1S/C12H20N2O7/c1-4-21-10(17)6-14(7(2)3)12(20)13-8(11(18)19)5-9(15)16/h7-8H,4-6H2,1-3H3,(H,13,20)(H,15,16)(H,18,19)/t8-/m0/s1. The maximum atomic E-state index is 12.0. The minimum Gasteiger partial charge on any atom is -0.481 e. The summed E-state index contributed by atoms with van der Waals surface area (Å²) in [5, 5.41) is 19.6. The molecule has 0 aromatic carbocycles. The first-order chi connectivity index (χ1) is 9.68. The number of amides is 2. The van der Waals surface area contributed by atoms with Crippen LogP contribution < -0.4 is 5.32 Å². The number of hydrogen-bond donors (Lipinski definition) is 3. The number of esters is 1. The Morgan fingerprint density at radius 1 is 1.19 bits per heavy atom. The lowest BCUT2D eigenvalue weighted by atomic mass is 10.2. The van der Waals surface area contributed by atoms with E-state index in [0.717, 1.165) is 4.90 Å². The normalized spacial score (nSPS) is 11.6. The summed E-state index contributed by atoms with van der Waals surface area (Å²) in [6, 6.07) is -2.81. The predicted octanol–water partition coefficient (Wildman–Crippen LogP) is -0.103. The molecule has 9 nitrogen and oxygen atoms in total. The van der Waals surface area contributed by atoms with Gasteiger partial charge in [-0.25, -0.2) is 9.59 Å². The van der Waals surface area contributed by atoms with Crippen molar-refractivity contribution in [2.75, 3.05) is 13.2 Å². The summed E-state index contributed by atoms with van der Waals surface area (Å²) < 4.78 is 4.72. The van der Waals surface area contributed by atoms with E-state index < -0.39 is 42.4 Å². The molecule has 9 heteroatoms. The molecule has 1 atom stereocenters. The van der Waals surface area contributed by atoms with E-state index in [0.29, 0.717) is 0 Å². The Balaban J connectivity index is 4.83. The second-order valence-corrected chi connectivity index (χ2v) is 4.46. The van der Waals surface area contributed by atoms with Gasteiger partial charge in [0.05, 0.1) is 13.0 Å². The largest absolute Gasteiger partial charge is 0.481 e. The number of carbonyl (C=O) groups is 4. The monoisotopic (exact) mass is 304 g/mol. The minimum atomic E-state index is -1.57. The van der Waals surface area contributed by atoms with Gasteiger partial charge in [0.15, 0.2) is 0 Å². The van der Waals surface area contributed by atoms with Crippen molar-refractivity contribution < 1.29 is 34.1 Å². The van der Waals surface area contributed by atoms with E-state index in [1.807, 2.05) is 0 Å². The zero-order valence-electron chi connectivity index (χ0n) is 12.2. The average molecular weight is 304 g/mol. The lowest BCUT2D eigenvalue weighted by Crippen LogP contribution is -2.52.